The molecule has 2 aromatic carbocycles. The van der Waals surface area contributed by atoms with Crippen LogP contribution in [0.5, 0.6) is 0 Å². The number of nitrogens with zero attached hydrogens (tertiary/aromatic N) is 1. The van der Waals surface area contributed by atoms with Gasteiger partial charge >= 0.3 is 0 Å². The number of para-hydroxylation sites is 1. The third-order valence-corrected chi connectivity index (χ3v) is 3.89. The van der Waals surface area contributed by atoms with Crippen LogP contribution in [-0.4, -0.2) is 13.0 Å². The van der Waals surface area contributed by atoms with Gasteiger partial charge in [-0.15, -0.1) is 0 Å². The second kappa shape index (κ2) is 5.33. The first kappa shape index (κ1) is 13.8. The lowest BCUT2D eigenvalue weighted by molar-refractivity contribution is 0.497. The Labute approximate surface area is 123 Å². The third-order valence-electron chi connectivity index (χ3n) is 3.03. The molecule has 0 atom stereocenters. The fraction of sp³-hybridized carbons (Fsp3) is 0.0714. The van der Waals surface area contributed by atoms with E-state index in [9.17, 15) is 13.2 Å². The van der Waals surface area contributed by atoms with Crippen molar-refractivity contribution in [1.82, 2.24) is 4.72 Å². The number of anilines is 1. The molecule has 1 aliphatic rings. The van der Waals surface area contributed by atoms with E-state index in [0.29, 0.717) is 23.3 Å². The first-order chi connectivity index (χ1) is 10.1. The summed E-state index contributed by atoms with van der Waals surface area (Å²) in [6.45, 7) is 0. The van der Waals surface area contributed by atoms with Crippen molar-refractivity contribution in [3.63, 3.8) is 0 Å². The molecule has 0 saturated carbocycles. The number of rotatable bonds is 1. The molecule has 0 aromatic heterocycles. The Bertz CT molecular complexity index is 746. The Kier molecular flexibility index (Phi) is 3.50. The average molecular weight is 309 g/mol. The molecule has 21 heavy (non-hydrogen) atoms. The maximum absolute atomic E-state index is 14.0. The highest BCUT2D eigenvalue weighted by atomic mass is 32.2. The molecule has 0 bridgehead atoms. The minimum atomic E-state index is -1.21. The molecule has 0 unspecified atom stereocenters. The molecule has 2 aromatic rings. The first-order valence-electron chi connectivity index (χ1n) is 6.04. The highest BCUT2D eigenvalue weighted by molar-refractivity contribution is 7.98. The Morgan fingerprint density at radius 3 is 2.67 bits per heavy atom. The topological polar surface area (TPSA) is 36.4 Å². The van der Waals surface area contributed by atoms with Crippen LogP contribution in [0, 0.1) is 17.5 Å². The molecule has 0 saturated heterocycles. The van der Waals surface area contributed by atoms with Gasteiger partial charge in [0.2, 0.25) is 5.96 Å². The monoisotopic (exact) mass is 309 g/mol. The minimum absolute atomic E-state index is 0.130. The molecular weight excluding hydrogens is 299 g/mol. The van der Waals surface area contributed by atoms with Gasteiger partial charge < -0.3 is 5.32 Å². The van der Waals surface area contributed by atoms with Crippen molar-refractivity contribution in [1.29, 1.82) is 0 Å². The maximum Gasteiger partial charge on any atom is 0.206 e. The van der Waals surface area contributed by atoms with Crippen LogP contribution in [0.1, 0.15) is 0 Å². The third kappa shape index (κ3) is 2.44. The number of fused-ring (bicyclic) bond motifs is 1. The maximum atomic E-state index is 14.0. The zero-order valence-corrected chi connectivity index (χ0v) is 11.7. The Balaban J connectivity index is 2.21. The molecule has 1 heterocycles. The van der Waals surface area contributed by atoms with Crippen LogP contribution >= 0.6 is 11.9 Å². The Morgan fingerprint density at radius 2 is 1.90 bits per heavy atom. The Morgan fingerprint density at radius 1 is 1.10 bits per heavy atom. The van der Waals surface area contributed by atoms with Crippen LogP contribution in [0.15, 0.2) is 40.2 Å². The lowest BCUT2D eigenvalue weighted by Gasteiger charge is -2.23. The molecule has 2 N–H and O–H groups in total. The van der Waals surface area contributed by atoms with Crippen LogP contribution in [0.2, 0.25) is 0 Å². The van der Waals surface area contributed by atoms with Crippen molar-refractivity contribution >= 4 is 23.6 Å². The van der Waals surface area contributed by atoms with Gasteiger partial charge in [-0.05, 0) is 24.1 Å². The van der Waals surface area contributed by atoms with E-state index in [-0.39, 0.29) is 5.56 Å². The van der Waals surface area contributed by atoms with E-state index in [1.807, 2.05) is 6.07 Å². The lowest BCUT2D eigenvalue weighted by Crippen LogP contribution is -2.29. The first-order valence-corrected chi connectivity index (χ1v) is 6.86. The number of guanidine groups is 1. The molecule has 0 amide bonds. The van der Waals surface area contributed by atoms with Crippen molar-refractivity contribution in [3.05, 3.63) is 47.8 Å². The molecule has 7 heteroatoms. The standard InChI is InChI=1S/C14H10F3N3S/c1-18-14-19-13-8(3-2-4-11(13)21-20-14)9-5-7(15)6-10(16)12(9)17/h2-6H,1H3,(H2,18,19,20). The second-order valence-electron chi connectivity index (χ2n) is 4.33. The van der Waals surface area contributed by atoms with Crippen LogP contribution in [0.3, 0.4) is 0 Å². The highest BCUT2D eigenvalue weighted by Crippen LogP contribution is 2.39. The molecule has 1 aliphatic heterocycles. The number of halogens is 3. The van der Waals surface area contributed by atoms with Gasteiger partial charge in [-0.1, -0.05) is 12.1 Å². The minimum Gasteiger partial charge on any atom is -0.324 e. The predicted octanol–water partition coefficient (Wildman–Crippen LogP) is 3.78. The van der Waals surface area contributed by atoms with E-state index in [1.165, 1.54) is 11.9 Å². The molecule has 3 rings (SSSR count). The van der Waals surface area contributed by atoms with Gasteiger partial charge in [-0.25, -0.2) is 13.2 Å². The van der Waals surface area contributed by atoms with E-state index >= 15 is 0 Å². The summed E-state index contributed by atoms with van der Waals surface area (Å²) in [5.74, 6) is -2.64. The lowest BCUT2D eigenvalue weighted by atomic mass is 10.0. The van der Waals surface area contributed by atoms with Gasteiger partial charge in [0.25, 0.3) is 0 Å². The van der Waals surface area contributed by atoms with E-state index in [4.69, 9.17) is 0 Å². The van der Waals surface area contributed by atoms with Gasteiger partial charge in [0.05, 0.1) is 10.6 Å². The summed E-state index contributed by atoms with van der Waals surface area (Å²) in [6, 6.07) is 6.61. The van der Waals surface area contributed by atoms with Gasteiger partial charge in [-0.2, -0.15) is 0 Å². The van der Waals surface area contributed by atoms with E-state index in [2.05, 4.69) is 15.0 Å². The normalized spacial score (nSPS) is 15.3. The second-order valence-corrected chi connectivity index (χ2v) is 5.18. The zero-order valence-electron chi connectivity index (χ0n) is 10.9. The number of aliphatic imine (C=N–C) groups is 1. The molecule has 0 aliphatic carbocycles. The van der Waals surface area contributed by atoms with Crippen molar-refractivity contribution in [3.8, 4) is 11.1 Å². The fourth-order valence-electron chi connectivity index (χ4n) is 2.07. The molecule has 0 radical (unpaired) electrons. The number of nitrogens with one attached hydrogen (secondary N) is 2. The number of benzene rings is 2. The van der Waals surface area contributed by atoms with Crippen molar-refractivity contribution < 1.29 is 13.2 Å². The fourth-order valence-corrected chi connectivity index (χ4v) is 2.83. The summed E-state index contributed by atoms with van der Waals surface area (Å²) in [5, 5.41) is 2.99. The highest BCUT2D eigenvalue weighted by Gasteiger charge is 2.21. The van der Waals surface area contributed by atoms with Gasteiger partial charge in [0.15, 0.2) is 11.6 Å². The van der Waals surface area contributed by atoms with E-state index in [0.717, 1.165) is 11.0 Å². The molecule has 0 fully saturated rings. The van der Waals surface area contributed by atoms with Crippen LogP contribution in [0.25, 0.3) is 11.1 Å². The Hall–Kier alpha value is -2.15. The predicted molar refractivity (Wildman–Crippen MR) is 77.7 cm³/mol. The SMILES string of the molecule is CN=C1NSc2cccc(-c3cc(F)cc(F)c3F)c2N1. The summed E-state index contributed by atoms with van der Waals surface area (Å²) in [6.07, 6.45) is 0. The molecule has 3 nitrogen and oxygen atoms in total. The van der Waals surface area contributed by atoms with Crippen LogP contribution in [-0.2, 0) is 0 Å². The quantitative estimate of drug-likeness (QED) is 0.622. The van der Waals surface area contributed by atoms with Crippen molar-refractivity contribution in [2.75, 3.05) is 12.4 Å². The van der Waals surface area contributed by atoms with Crippen molar-refractivity contribution in [2.45, 2.75) is 4.90 Å². The smallest absolute Gasteiger partial charge is 0.206 e. The summed E-state index contributed by atoms with van der Waals surface area (Å²) < 4.78 is 43.8. The molecule has 0 spiro atoms. The number of hydrogen-bond acceptors (Lipinski definition) is 2. The average Bonchev–Trinajstić information content (AvgIpc) is 2.49. The summed E-state index contributed by atoms with van der Waals surface area (Å²) in [4.78, 5) is 4.75. The van der Waals surface area contributed by atoms with Crippen LogP contribution < -0.4 is 10.0 Å². The van der Waals surface area contributed by atoms with Crippen molar-refractivity contribution in [2.24, 2.45) is 4.99 Å². The van der Waals surface area contributed by atoms with Gasteiger partial charge in [0.1, 0.15) is 5.82 Å². The number of hydrogen-bond donors (Lipinski definition) is 2. The summed E-state index contributed by atoms with van der Waals surface area (Å²) >= 11 is 1.29. The summed E-state index contributed by atoms with van der Waals surface area (Å²) in [5.41, 5.74) is 0.805. The molecule has 108 valence electrons. The zero-order chi connectivity index (χ0) is 15.0. The van der Waals surface area contributed by atoms with Crippen LogP contribution in [0.4, 0.5) is 18.9 Å². The van der Waals surface area contributed by atoms with E-state index < -0.39 is 17.5 Å². The largest absolute Gasteiger partial charge is 0.324 e. The molecular formula is C14H10F3N3S. The van der Waals surface area contributed by atoms with Gasteiger partial charge in [0, 0.05) is 24.2 Å². The van der Waals surface area contributed by atoms with Gasteiger partial charge in [-0.3, -0.25) is 9.71 Å². The van der Waals surface area contributed by atoms with E-state index in [1.54, 1.807) is 19.2 Å². The summed E-state index contributed by atoms with van der Waals surface area (Å²) in [7, 11) is 1.59.